The van der Waals surface area contributed by atoms with E-state index in [0.717, 1.165) is 19.2 Å². The Morgan fingerprint density at radius 1 is 1.11 bits per heavy atom. The number of benzene rings is 1. The lowest BCUT2D eigenvalue weighted by Gasteiger charge is -2.16. The van der Waals surface area contributed by atoms with Gasteiger partial charge in [-0.25, -0.2) is 14.2 Å². The van der Waals surface area contributed by atoms with Gasteiger partial charge in [0.1, 0.15) is 11.6 Å². The van der Waals surface area contributed by atoms with Gasteiger partial charge in [-0.3, -0.25) is 5.84 Å². The molecule has 0 radical (unpaired) electrons. The maximum absolute atomic E-state index is 13.2. The van der Waals surface area contributed by atoms with Crippen molar-refractivity contribution in [3.63, 3.8) is 0 Å². The summed E-state index contributed by atoms with van der Waals surface area (Å²) in [5.74, 6) is 4.23. The molecule has 0 aliphatic rings. The molecule has 0 aliphatic carbocycles. The number of halogens is 4. The number of rotatable bonds is 3. The fourth-order valence-electron chi connectivity index (χ4n) is 1.66. The van der Waals surface area contributed by atoms with E-state index in [4.69, 9.17) is 5.84 Å². The summed E-state index contributed by atoms with van der Waals surface area (Å²) in [6, 6.07) is 4.71. The fourth-order valence-corrected chi connectivity index (χ4v) is 4.56. The Balaban J connectivity index is 2.48. The Hall–Kier alpha value is -0.340. The first-order chi connectivity index (χ1) is 8.51. The summed E-state index contributed by atoms with van der Waals surface area (Å²) in [6.45, 7) is 0. The van der Waals surface area contributed by atoms with Gasteiger partial charge in [0.2, 0.25) is 0 Å². The zero-order chi connectivity index (χ0) is 13.3. The summed E-state index contributed by atoms with van der Waals surface area (Å²) < 4.78 is 28.2. The van der Waals surface area contributed by atoms with Crippen molar-refractivity contribution in [2.45, 2.75) is 6.04 Å². The topological polar surface area (TPSA) is 38.0 Å². The van der Waals surface area contributed by atoms with Crippen LogP contribution in [-0.4, -0.2) is 0 Å². The average Bonchev–Trinajstić information content (AvgIpc) is 2.58. The summed E-state index contributed by atoms with van der Waals surface area (Å²) in [7, 11) is 0. The highest BCUT2D eigenvalue weighted by molar-refractivity contribution is 9.12. The highest BCUT2D eigenvalue weighted by atomic mass is 79.9. The molecule has 1 aromatic carbocycles. The van der Waals surface area contributed by atoms with E-state index >= 15 is 0 Å². The van der Waals surface area contributed by atoms with Gasteiger partial charge < -0.3 is 0 Å². The monoisotopic (exact) mass is 396 g/mol. The van der Waals surface area contributed by atoms with E-state index in [1.807, 2.05) is 6.07 Å². The molecular weight excluding hydrogens is 390 g/mol. The lowest BCUT2D eigenvalue weighted by Crippen LogP contribution is -2.28. The molecule has 0 fully saturated rings. The van der Waals surface area contributed by atoms with Crippen LogP contribution in [0.1, 0.15) is 17.2 Å². The fraction of sp³-hybridized carbons (Fsp3) is 0.0909. The second-order valence-corrected chi connectivity index (χ2v) is 7.33. The lowest BCUT2D eigenvalue weighted by atomic mass is 10.0. The van der Waals surface area contributed by atoms with Gasteiger partial charge in [0, 0.05) is 11.6 Å². The largest absolute Gasteiger partial charge is 0.271 e. The van der Waals surface area contributed by atoms with Crippen molar-refractivity contribution in [1.82, 2.24) is 5.43 Å². The van der Waals surface area contributed by atoms with Crippen LogP contribution < -0.4 is 11.3 Å². The SMILES string of the molecule is NNC(c1cc(F)cc(F)c1)c1cc(Br)sc1Br. The van der Waals surface area contributed by atoms with Crippen molar-refractivity contribution in [2.75, 3.05) is 0 Å². The average molecular weight is 398 g/mol. The van der Waals surface area contributed by atoms with Crippen LogP contribution >= 0.6 is 43.2 Å². The zero-order valence-corrected chi connectivity index (χ0v) is 12.9. The minimum absolute atomic E-state index is 0.431. The molecule has 1 aromatic heterocycles. The molecule has 1 atom stereocenters. The quantitative estimate of drug-likeness (QED) is 0.604. The molecule has 1 heterocycles. The van der Waals surface area contributed by atoms with Gasteiger partial charge in [0.05, 0.1) is 13.6 Å². The highest BCUT2D eigenvalue weighted by Crippen LogP contribution is 2.37. The van der Waals surface area contributed by atoms with Gasteiger partial charge in [-0.1, -0.05) is 0 Å². The molecule has 1 unspecified atom stereocenters. The van der Waals surface area contributed by atoms with Crippen LogP contribution in [0.5, 0.6) is 0 Å². The van der Waals surface area contributed by atoms with Crippen LogP contribution in [0.25, 0.3) is 0 Å². The number of hydrogen-bond donors (Lipinski definition) is 2. The normalized spacial score (nSPS) is 12.7. The highest BCUT2D eigenvalue weighted by Gasteiger charge is 2.19. The first-order valence-corrected chi connectivity index (χ1v) is 7.28. The van der Waals surface area contributed by atoms with Crippen molar-refractivity contribution in [3.05, 3.63) is 54.6 Å². The molecule has 0 saturated heterocycles. The van der Waals surface area contributed by atoms with Crippen molar-refractivity contribution in [1.29, 1.82) is 0 Å². The van der Waals surface area contributed by atoms with E-state index < -0.39 is 17.7 Å². The number of hydrogen-bond acceptors (Lipinski definition) is 3. The summed E-state index contributed by atoms with van der Waals surface area (Å²) in [5, 5.41) is 0. The molecule has 96 valence electrons. The molecule has 7 heteroatoms. The second-order valence-electron chi connectivity index (χ2n) is 3.58. The maximum Gasteiger partial charge on any atom is 0.126 e. The van der Waals surface area contributed by atoms with Crippen molar-refractivity contribution >= 4 is 43.2 Å². The van der Waals surface area contributed by atoms with Crippen molar-refractivity contribution < 1.29 is 8.78 Å². The minimum Gasteiger partial charge on any atom is -0.271 e. The van der Waals surface area contributed by atoms with E-state index in [0.29, 0.717) is 5.56 Å². The van der Waals surface area contributed by atoms with Gasteiger partial charge in [-0.05, 0) is 55.6 Å². The van der Waals surface area contributed by atoms with Crippen molar-refractivity contribution in [2.24, 2.45) is 5.84 Å². The third kappa shape index (κ3) is 2.97. The van der Waals surface area contributed by atoms with E-state index in [1.54, 1.807) is 0 Å². The molecule has 2 nitrogen and oxygen atoms in total. The van der Waals surface area contributed by atoms with Crippen LogP contribution in [0.3, 0.4) is 0 Å². The summed E-state index contributed by atoms with van der Waals surface area (Å²) in [5.41, 5.74) is 3.82. The number of nitrogens with two attached hydrogens (primary N) is 1. The minimum atomic E-state index is -0.629. The molecule has 3 N–H and O–H groups in total. The van der Waals surface area contributed by atoms with Gasteiger partial charge in [0.25, 0.3) is 0 Å². The van der Waals surface area contributed by atoms with Gasteiger partial charge >= 0.3 is 0 Å². The lowest BCUT2D eigenvalue weighted by molar-refractivity contribution is 0.566. The Morgan fingerprint density at radius 2 is 1.72 bits per heavy atom. The molecule has 2 aromatic rings. The Bertz CT molecular complexity index is 554. The standard InChI is InChI=1S/C11H8Br2F2N2S/c12-9-4-8(11(13)18-9)10(17-16)5-1-6(14)3-7(15)2-5/h1-4,10,17H,16H2. The molecule has 0 saturated carbocycles. The number of hydrazine groups is 1. The van der Waals surface area contributed by atoms with Crippen LogP contribution in [0.2, 0.25) is 0 Å². The number of thiophene rings is 1. The molecule has 0 bridgehead atoms. The molecule has 0 aliphatic heterocycles. The maximum atomic E-state index is 13.2. The Morgan fingerprint density at radius 3 is 2.17 bits per heavy atom. The van der Waals surface area contributed by atoms with E-state index in [-0.39, 0.29) is 0 Å². The van der Waals surface area contributed by atoms with E-state index in [1.165, 1.54) is 23.5 Å². The molecule has 0 spiro atoms. The first-order valence-electron chi connectivity index (χ1n) is 4.88. The molecular formula is C11H8Br2F2N2S. The summed E-state index contributed by atoms with van der Waals surface area (Å²) >= 11 is 8.22. The predicted octanol–water partition coefficient (Wildman–Crippen LogP) is 4.10. The van der Waals surface area contributed by atoms with Crippen LogP contribution in [0, 0.1) is 11.6 Å². The summed E-state index contributed by atoms with van der Waals surface area (Å²) in [6.07, 6.45) is 0. The van der Waals surface area contributed by atoms with Crippen LogP contribution in [-0.2, 0) is 0 Å². The molecule has 2 rings (SSSR count). The molecule has 0 amide bonds. The Labute approximate surface area is 123 Å². The van der Waals surface area contributed by atoms with Gasteiger partial charge in [-0.2, -0.15) is 0 Å². The molecule has 18 heavy (non-hydrogen) atoms. The third-order valence-electron chi connectivity index (χ3n) is 2.38. The number of nitrogens with one attached hydrogen (secondary N) is 1. The van der Waals surface area contributed by atoms with E-state index in [9.17, 15) is 8.78 Å². The van der Waals surface area contributed by atoms with Gasteiger partial charge in [0.15, 0.2) is 0 Å². The Kier molecular flexibility index (Phi) is 4.50. The summed E-state index contributed by atoms with van der Waals surface area (Å²) in [4.78, 5) is 0. The first kappa shape index (κ1) is 14.1. The predicted molar refractivity (Wildman–Crippen MR) is 75.2 cm³/mol. The second kappa shape index (κ2) is 5.75. The van der Waals surface area contributed by atoms with Crippen LogP contribution in [0.4, 0.5) is 8.78 Å². The third-order valence-corrected chi connectivity index (χ3v) is 4.76. The van der Waals surface area contributed by atoms with Crippen molar-refractivity contribution in [3.8, 4) is 0 Å². The smallest absolute Gasteiger partial charge is 0.126 e. The zero-order valence-electron chi connectivity index (χ0n) is 8.88. The van der Waals surface area contributed by atoms with E-state index in [2.05, 4.69) is 37.3 Å². The van der Waals surface area contributed by atoms with Gasteiger partial charge in [-0.15, -0.1) is 11.3 Å². The van der Waals surface area contributed by atoms with Crippen LogP contribution in [0.15, 0.2) is 31.8 Å².